The molecule has 3 aromatic carbocycles. The third kappa shape index (κ3) is 4.07. The number of allylic oxidation sites excluding steroid dienone is 1. The van der Waals surface area contributed by atoms with Gasteiger partial charge in [-0.15, -0.1) is 0 Å². The molecule has 5 nitrogen and oxygen atoms in total. The summed E-state index contributed by atoms with van der Waals surface area (Å²) in [4.78, 5) is 16.3. The summed E-state index contributed by atoms with van der Waals surface area (Å²) in [6, 6.07) is 30.5. The van der Waals surface area contributed by atoms with Gasteiger partial charge in [0.15, 0.2) is 5.78 Å². The van der Waals surface area contributed by atoms with Crippen LogP contribution in [-0.2, 0) is 11.3 Å². The molecule has 1 aliphatic carbocycles. The van der Waals surface area contributed by atoms with Crippen LogP contribution in [0, 0.1) is 0 Å². The number of nitrogens with one attached hydrogen (secondary N) is 1. The topological polar surface area (TPSA) is 54.7 Å². The lowest BCUT2D eigenvalue weighted by molar-refractivity contribution is -0.116. The number of carbonyl (C=O) groups excluding carboxylic acids is 1. The van der Waals surface area contributed by atoms with Crippen LogP contribution in [0.4, 0.5) is 11.4 Å². The molecule has 1 aromatic heterocycles. The van der Waals surface area contributed by atoms with Gasteiger partial charge in [0.2, 0.25) is 0 Å². The molecule has 5 heteroatoms. The number of nitrogens with zero attached hydrogens (tertiary/aromatic N) is 1. The predicted molar refractivity (Wildman–Crippen MR) is 141 cm³/mol. The predicted octanol–water partition coefficient (Wildman–Crippen LogP) is 6.86. The number of hydrogen-bond acceptors (Lipinski definition) is 5. The van der Waals surface area contributed by atoms with E-state index in [1.165, 1.54) is 0 Å². The Kier molecular flexibility index (Phi) is 5.82. The van der Waals surface area contributed by atoms with Crippen molar-refractivity contribution in [2.24, 2.45) is 0 Å². The molecule has 36 heavy (non-hydrogen) atoms. The van der Waals surface area contributed by atoms with Crippen LogP contribution in [0.2, 0.25) is 0 Å². The summed E-state index contributed by atoms with van der Waals surface area (Å²) in [6.45, 7) is 0.647. The Morgan fingerprint density at radius 2 is 1.69 bits per heavy atom. The summed E-state index contributed by atoms with van der Waals surface area (Å²) in [7, 11) is 1.68. The maximum absolute atomic E-state index is 13.9. The van der Waals surface area contributed by atoms with Gasteiger partial charge in [-0.25, -0.2) is 0 Å². The number of ketones is 1. The van der Waals surface area contributed by atoms with E-state index in [0.717, 1.165) is 51.7 Å². The molecule has 6 rings (SSSR count). The minimum Gasteiger partial charge on any atom is -0.497 e. The highest BCUT2D eigenvalue weighted by Gasteiger charge is 2.40. The molecule has 0 bridgehead atoms. The second-order valence-electron chi connectivity index (χ2n) is 9.37. The molecule has 4 aromatic rings. The van der Waals surface area contributed by atoms with Crippen LogP contribution in [0.25, 0.3) is 0 Å². The number of ether oxygens (including phenoxy) is 1. The van der Waals surface area contributed by atoms with Crippen LogP contribution in [0.1, 0.15) is 41.7 Å². The van der Waals surface area contributed by atoms with Crippen LogP contribution >= 0.6 is 0 Å². The Balaban J connectivity index is 1.50. The minimum atomic E-state index is -0.218. The van der Waals surface area contributed by atoms with Crippen molar-refractivity contribution in [2.75, 3.05) is 17.3 Å². The zero-order chi connectivity index (χ0) is 24.5. The van der Waals surface area contributed by atoms with Crippen molar-refractivity contribution >= 4 is 17.2 Å². The Morgan fingerprint density at radius 3 is 2.44 bits per heavy atom. The molecule has 2 heterocycles. The molecule has 0 radical (unpaired) electrons. The monoisotopic (exact) mass is 476 g/mol. The van der Waals surface area contributed by atoms with Gasteiger partial charge in [-0.05, 0) is 53.9 Å². The number of carbonyl (C=O) groups is 1. The molecule has 0 saturated carbocycles. The van der Waals surface area contributed by atoms with Crippen molar-refractivity contribution < 1.29 is 13.9 Å². The van der Waals surface area contributed by atoms with Gasteiger partial charge in [0.1, 0.15) is 11.5 Å². The maximum Gasteiger partial charge on any atom is 0.163 e. The number of furan rings is 1. The molecule has 1 aliphatic heterocycles. The zero-order valence-corrected chi connectivity index (χ0v) is 20.2. The van der Waals surface area contributed by atoms with Gasteiger partial charge in [0.05, 0.1) is 30.8 Å². The number of fused-ring (bicyclic) bond motifs is 1. The average molecular weight is 477 g/mol. The summed E-state index contributed by atoms with van der Waals surface area (Å²) < 4.78 is 11.1. The molecule has 0 saturated heterocycles. The highest BCUT2D eigenvalue weighted by molar-refractivity contribution is 6.01. The second kappa shape index (κ2) is 9.42. The first-order valence-corrected chi connectivity index (χ1v) is 12.3. The molecular weight excluding hydrogens is 448 g/mol. The van der Waals surface area contributed by atoms with Crippen LogP contribution in [0.15, 0.2) is 113 Å². The molecule has 2 aliphatic rings. The standard InChI is InChI=1S/C31H28N2O3/c1-35-24-15-13-21(14-16-24)20-33-27-11-6-5-10-25(27)32-26-18-23(29-12-7-17-36-29)19-28(34)30(26)31(33)22-8-3-2-4-9-22/h2-17,23,31-32H,18-20H2,1H3/t23-,31+/m0/s1. The highest BCUT2D eigenvalue weighted by atomic mass is 16.5. The van der Waals surface area contributed by atoms with Gasteiger partial charge < -0.3 is 19.4 Å². The van der Waals surface area contributed by atoms with E-state index in [1.807, 2.05) is 48.5 Å². The van der Waals surface area contributed by atoms with Crippen LogP contribution in [0.3, 0.4) is 0 Å². The lowest BCUT2D eigenvalue weighted by Crippen LogP contribution is -2.34. The highest BCUT2D eigenvalue weighted by Crippen LogP contribution is 2.47. The Labute approximate surface area is 211 Å². The summed E-state index contributed by atoms with van der Waals surface area (Å²) in [5.41, 5.74) is 6.14. The maximum atomic E-state index is 13.9. The van der Waals surface area contributed by atoms with Crippen molar-refractivity contribution in [2.45, 2.75) is 31.3 Å². The van der Waals surface area contributed by atoms with Crippen LogP contribution in [0.5, 0.6) is 5.75 Å². The van der Waals surface area contributed by atoms with E-state index in [-0.39, 0.29) is 17.7 Å². The van der Waals surface area contributed by atoms with Gasteiger partial charge in [-0.3, -0.25) is 4.79 Å². The lowest BCUT2D eigenvalue weighted by Gasteiger charge is -2.36. The second-order valence-corrected chi connectivity index (χ2v) is 9.37. The minimum absolute atomic E-state index is 0.0236. The number of anilines is 2. The van der Waals surface area contributed by atoms with Gasteiger partial charge in [0.25, 0.3) is 0 Å². The third-order valence-electron chi connectivity index (χ3n) is 7.16. The summed E-state index contributed by atoms with van der Waals surface area (Å²) in [5, 5.41) is 3.67. The fourth-order valence-electron chi connectivity index (χ4n) is 5.46. The smallest absolute Gasteiger partial charge is 0.163 e. The van der Waals surface area contributed by atoms with Crippen molar-refractivity contribution in [1.29, 1.82) is 0 Å². The number of Topliss-reactive ketones (excluding diaryl/α,β-unsaturated/α-hetero) is 1. The Bertz CT molecular complexity index is 1390. The van der Waals surface area contributed by atoms with Gasteiger partial charge in [-0.2, -0.15) is 0 Å². The van der Waals surface area contributed by atoms with Gasteiger partial charge >= 0.3 is 0 Å². The van der Waals surface area contributed by atoms with Gasteiger partial charge in [-0.1, -0.05) is 54.6 Å². The molecule has 180 valence electrons. The number of methoxy groups -OCH3 is 1. The third-order valence-corrected chi connectivity index (χ3v) is 7.16. The average Bonchev–Trinajstić information content (AvgIpc) is 3.42. The van der Waals surface area contributed by atoms with Crippen molar-refractivity contribution in [3.05, 3.63) is 125 Å². The summed E-state index contributed by atoms with van der Waals surface area (Å²) in [6.07, 6.45) is 2.84. The van der Waals surface area contributed by atoms with E-state index >= 15 is 0 Å². The fourth-order valence-corrected chi connectivity index (χ4v) is 5.46. The normalized spacial score (nSPS) is 19.2. The molecule has 0 unspecified atom stereocenters. The van der Waals surface area contributed by atoms with E-state index in [4.69, 9.17) is 9.15 Å². The SMILES string of the molecule is COc1ccc(CN2c3ccccc3NC3=C(C(=O)C[C@@H](c4ccco4)C3)[C@H]2c2ccccc2)cc1. The van der Waals surface area contributed by atoms with E-state index in [1.54, 1.807) is 13.4 Å². The van der Waals surface area contributed by atoms with E-state index in [9.17, 15) is 4.79 Å². The van der Waals surface area contributed by atoms with Crippen molar-refractivity contribution in [3.63, 3.8) is 0 Å². The van der Waals surface area contributed by atoms with Gasteiger partial charge in [0, 0.05) is 30.2 Å². The quantitative estimate of drug-likeness (QED) is 0.341. The lowest BCUT2D eigenvalue weighted by atomic mass is 9.80. The first-order valence-electron chi connectivity index (χ1n) is 12.3. The first-order chi connectivity index (χ1) is 17.7. The largest absolute Gasteiger partial charge is 0.497 e. The molecule has 2 atom stereocenters. The fraction of sp³-hybridized carbons (Fsp3) is 0.194. The molecule has 0 amide bonds. The molecule has 1 N–H and O–H groups in total. The van der Waals surface area contributed by atoms with E-state index < -0.39 is 0 Å². The number of hydrogen-bond donors (Lipinski definition) is 1. The Hall–Kier alpha value is -4.25. The molecule has 0 spiro atoms. The number of benzene rings is 3. The number of rotatable bonds is 5. The van der Waals surface area contributed by atoms with Crippen LogP contribution in [-0.4, -0.2) is 12.9 Å². The zero-order valence-electron chi connectivity index (χ0n) is 20.2. The Morgan fingerprint density at radius 1 is 0.917 bits per heavy atom. The first kappa shape index (κ1) is 22.2. The molecule has 0 fully saturated rings. The van der Waals surface area contributed by atoms with Crippen molar-refractivity contribution in [1.82, 2.24) is 0 Å². The van der Waals surface area contributed by atoms with E-state index in [2.05, 4.69) is 52.7 Å². The molecular formula is C31H28N2O3. The van der Waals surface area contributed by atoms with E-state index in [0.29, 0.717) is 13.0 Å². The van der Waals surface area contributed by atoms with Crippen LogP contribution < -0.4 is 15.0 Å². The summed E-state index contributed by atoms with van der Waals surface area (Å²) >= 11 is 0. The van der Waals surface area contributed by atoms with Crippen molar-refractivity contribution in [3.8, 4) is 5.75 Å². The summed E-state index contributed by atoms with van der Waals surface area (Å²) in [5.74, 6) is 1.87. The number of para-hydroxylation sites is 2.